The molecule has 0 atom stereocenters. The van der Waals surface area contributed by atoms with Gasteiger partial charge in [0, 0.05) is 5.56 Å². The number of fused-ring (bicyclic) bond motifs is 1. The fourth-order valence-corrected chi connectivity index (χ4v) is 2.08. The molecule has 18 heavy (non-hydrogen) atoms. The van der Waals surface area contributed by atoms with Gasteiger partial charge in [-0.25, -0.2) is 15.3 Å². The fourth-order valence-electron chi connectivity index (χ4n) is 1.31. The maximum atomic E-state index is 11.6. The number of benzene rings is 1. The van der Waals surface area contributed by atoms with E-state index in [1.165, 1.54) is 11.3 Å². The molecule has 8 heteroatoms. The third kappa shape index (κ3) is 2.73. The molecule has 1 aromatic heterocycles. The SMILES string of the molecule is Nc1nc2ccc(C(=O)NOCC(=O)O)cc2s1. The van der Waals surface area contributed by atoms with E-state index in [1.54, 1.807) is 18.2 Å². The average molecular weight is 267 g/mol. The molecular formula is C10H9N3O4S. The normalized spacial score (nSPS) is 10.4. The first-order chi connectivity index (χ1) is 8.56. The van der Waals surface area contributed by atoms with E-state index >= 15 is 0 Å². The van der Waals surface area contributed by atoms with E-state index in [-0.39, 0.29) is 0 Å². The number of nitrogens with two attached hydrogens (primary N) is 1. The molecule has 1 amide bonds. The number of carboxylic acids is 1. The number of thiazole rings is 1. The lowest BCUT2D eigenvalue weighted by Crippen LogP contribution is -2.26. The predicted octanol–water partition coefficient (Wildman–Crippen LogP) is 0.624. The molecule has 0 aliphatic rings. The number of amides is 1. The van der Waals surface area contributed by atoms with Crippen molar-refractivity contribution in [2.24, 2.45) is 0 Å². The molecule has 0 aliphatic heterocycles. The summed E-state index contributed by atoms with van der Waals surface area (Å²) in [5.41, 5.74) is 8.63. The van der Waals surface area contributed by atoms with E-state index < -0.39 is 18.5 Å². The zero-order valence-corrected chi connectivity index (χ0v) is 9.86. The lowest BCUT2D eigenvalue weighted by Gasteiger charge is -2.03. The van der Waals surface area contributed by atoms with Gasteiger partial charge in [0.15, 0.2) is 11.7 Å². The summed E-state index contributed by atoms with van der Waals surface area (Å²) < 4.78 is 0.776. The van der Waals surface area contributed by atoms with Crippen molar-refractivity contribution in [3.63, 3.8) is 0 Å². The highest BCUT2D eigenvalue weighted by Crippen LogP contribution is 2.24. The Morgan fingerprint density at radius 3 is 3.00 bits per heavy atom. The monoisotopic (exact) mass is 267 g/mol. The molecule has 7 nitrogen and oxygen atoms in total. The molecular weight excluding hydrogens is 258 g/mol. The van der Waals surface area contributed by atoms with Crippen LogP contribution in [-0.2, 0) is 9.63 Å². The van der Waals surface area contributed by atoms with Crippen LogP contribution in [0.3, 0.4) is 0 Å². The number of carbonyl (C=O) groups excluding carboxylic acids is 1. The Kier molecular flexibility index (Phi) is 3.40. The highest BCUT2D eigenvalue weighted by atomic mass is 32.1. The summed E-state index contributed by atoms with van der Waals surface area (Å²) in [5, 5.41) is 8.77. The van der Waals surface area contributed by atoms with E-state index in [2.05, 4.69) is 9.82 Å². The molecule has 0 saturated carbocycles. The Balaban J connectivity index is 2.10. The first-order valence-corrected chi connectivity index (χ1v) is 5.68. The number of hydrogen-bond acceptors (Lipinski definition) is 6. The maximum Gasteiger partial charge on any atom is 0.332 e. The number of nitrogens with zero attached hydrogens (tertiary/aromatic N) is 1. The van der Waals surface area contributed by atoms with Gasteiger partial charge >= 0.3 is 5.97 Å². The fraction of sp³-hybridized carbons (Fsp3) is 0.100. The molecule has 0 spiro atoms. The van der Waals surface area contributed by atoms with Gasteiger partial charge in [0.2, 0.25) is 0 Å². The number of rotatable bonds is 4. The minimum atomic E-state index is -1.17. The number of nitrogen functional groups attached to an aromatic ring is 1. The first-order valence-electron chi connectivity index (χ1n) is 4.86. The van der Waals surface area contributed by atoms with Crippen LogP contribution in [0.5, 0.6) is 0 Å². The minimum absolute atomic E-state index is 0.344. The number of anilines is 1. The molecule has 0 fully saturated rings. The van der Waals surface area contributed by atoms with Crippen LogP contribution in [-0.4, -0.2) is 28.6 Å². The van der Waals surface area contributed by atoms with Gasteiger partial charge in [0.05, 0.1) is 10.2 Å². The van der Waals surface area contributed by atoms with E-state index in [4.69, 9.17) is 10.8 Å². The van der Waals surface area contributed by atoms with E-state index in [0.717, 1.165) is 4.70 Å². The highest BCUT2D eigenvalue weighted by Gasteiger charge is 2.09. The first kappa shape index (κ1) is 12.3. The Labute approximate surface area is 105 Å². The van der Waals surface area contributed by atoms with Gasteiger partial charge in [-0.05, 0) is 18.2 Å². The summed E-state index contributed by atoms with van der Waals surface area (Å²) in [7, 11) is 0. The molecule has 1 aromatic carbocycles. The quantitative estimate of drug-likeness (QED) is 0.700. The number of carbonyl (C=O) groups is 2. The van der Waals surface area contributed by atoms with E-state index in [0.29, 0.717) is 16.2 Å². The van der Waals surface area contributed by atoms with Crippen molar-refractivity contribution in [3.8, 4) is 0 Å². The van der Waals surface area contributed by atoms with Gasteiger partial charge in [0.1, 0.15) is 0 Å². The Bertz CT molecular complexity index is 610. The molecule has 94 valence electrons. The topological polar surface area (TPSA) is 115 Å². The minimum Gasteiger partial charge on any atom is -0.479 e. The van der Waals surface area contributed by atoms with Gasteiger partial charge in [-0.3, -0.25) is 9.63 Å². The third-order valence-corrected chi connectivity index (χ3v) is 2.88. The van der Waals surface area contributed by atoms with Crippen molar-refractivity contribution in [1.82, 2.24) is 10.5 Å². The zero-order valence-electron chi connectivity index (χ0n) is 9.04. The van der Waals surface area contributed by atoms with Gasteiger partial charge in [-0.1, -0.05) is 11.3 Å². The number of hydroxylamine groups is 1. The molecule has 0 saturated heterocycles. The smallest absolute Gasteiger partial charge is 0.332 e. The van der Waals surface area contributed by atoms with Gasteiger partial charge < -0.3 is 10.8 Å². The van der Waals surface area contributed by atoms with Crippen molar-refractivity contribution in [2.75, 3.05) is 12.3 Å². The number of nitrogens with one attached hydrogen (secondary N) is 1. The lowest BCUT2D eigenvalue weighted by molar-refractivity contribution is -0.144. The molecule has 0 unspecified atom stereocenters. The van der Waals surface area contributed by atoms with Crippen LogP contribution >= 0.6 is 11.3 Å². The Morgan fingerprint density at radius 2 is 2.28 bits per heavy atom. The zero-order chi connectivity index (χ0) is 13.1. The Morgan fingerprint density at radius 1 is 1.50 bits per heavy atom. The maximum absolute atomic E-state index is 11.6. The van der Waals surface area contributed by atoms with Gasteiger partial charge in [-0.15, -0.1) is 0 Å². The molecule has 1 heterocycles. The summed E-state index contributed by atoms with van der Waals surface area (Å²) in [5.74, 6) is -1.69. The summed E-state index contributed by atoms with van der Waals surface area (Å²) in [6.45, 7) is -0.596. The summed E-state index contributed by atoms with van der Waals surface area (Å²) in [6.07, 6.45) is 0. The number of aliphatic carboxylic acids is 1. The van der Waals surface area contributed by atoms with Crippen LogP contribution in [0.1, 0.15) is 10.4 Å². The van der Waals surface area contributed by atoms with Crippen LogP contribution in [0, 0.1) is 0 Å². The summed E-state index contributed by atoms with van der Waals surface area (Å²) in [4.78, 5) is 30.3. The van der Waals surface area contributed by atoms with Crippen LogP contribution < -0.4 is 11.2 Å². The molecule has 2 rings (SSSR count). The summed E-state index contributed by atoms with van der Waals surface area (Å²) in [6, 6.07) is 4.83. The van der Waals surface area contributed by atoms with E-state index in [1.807, 2.05) is 5.48 Å². The second-order valence-electron chi connectivity index (χ2n) is 3.35. The molecule has 4 N–H and O–H groups in total. The predicted molar refractivity (Wildman–Crippen MR) is 65.1 cm³/mol. The van der Waals surface area contributed by atoms with Gasteiger partial charge in [-0.2, -0.15) is 0 Å². The van der Waals surface area contributed by atoms with Crippen LogP contribution in [0.2, 0.25) is 0 Å². The number of carboxylic acid groups (broad SMARTS) is 1. The standard InChI is InChI=1S/C10H9N3O4S/c11-10-12-6-2-1-5(3-7(6)18-10)9(16)13-17-4-8(14)15/h1-3H,4H2,(H2,11,12)(H,13,16)(H,14,15). The van der Waals surface area contributed by atoms with Crippen LogP contribution in [0.4, 0.5) is 5.13 Å². The lowest BCUT2D eigenvalue weighted by atomic mass is 10.2. The number of hydrogen-bond donors (Lipinski definition) is 3. The Hall–Kier alpha value is -2.19. The second kappa shape index (κ2) is 4.98. The average Bonchev–Trinajstić information content (AvgIpc) is 2.67. The molecule has 0 aliphatic carbocycles. The van der Waals surface area contributed by atoms with Crippen molar-refractivity contribution in [3.05, 3.63) is 23.8 Å². The highest BCUT2D eigenvalue weighted by molar-refractivity contribution is 7.22. The van der Waals surface area contributed by atoms with Gasteiger partial charge in [0.25, 0.3) is 5.91 Å². The number of aromatic nitrogens is 1. The molecule has 0 radical (unpaired) electrons. The van der Waals surface area contributed by atoms with Crippen LogP contribution in [0.15, 0.2) is 18.2 Å². The second-order valence-corrected chi connectivity index (χ2v) is 4.41. The van der Waals surface area contributed by atoms with E-state index in [9.17, 15) is 9.59 Å². The molecule has 2 aromatic rings. The van der Waals surface area contributed by atoms with Crippen molar-refractivity contribution < 1.29 is 19.5 Å². The van der Waals surface area contributed by atoms with Crippen molar-refractivity contribution in [1.29, 1.82) is 0 Å². The van der Waals surface area contributed by atoms with Crippen molar-refractivity contribution >= 4 is 38.6 Å². The third-order valence-electron chi connectivity index (χ3n) is 2.03. The van der Waals surface area contributed by atoms with Crippen molar-refractivity contribution in [2.45, 2.75) is 0 Å². The van der Waals surface area contributed by atoms with Crippen LogP contribution in [0.25, 0.3) is 10.2 Å². The largest absolute Gasteiger partial charge is 0.479 e. The molecule has 0 bridgehead atoms. The summed E-state index contributed by atoms with van der Waals surface area (Å²) >= 11 is 1.26.